The molecule has 4 nitrogen and oxygen atoms in total. The SMILES string of the molecule is CCN(CCCN(C)C)S(=O)(=O)c1ccccc1F. The van der Waals surface area contributed by atoms with E-state index < -0.39 is 15.8 Å². The second-order valence-corrected chi connectivity index (χ2v) is 6.49. The number of nitrogens with zero attached hydrogens (tertiary/aromatic N) is 2. The van der Waals surface area contributed by atoms with Gasteiger partial charge in [0.15, 0.2) is 0 Å². The molecule has 108 valence electrons. The number of hydrogen-bond acceptors (Lipinski definition) is 3. The molecule has 1 aromatic rings. The van der Waals surface area contributed by atoms with Crippen molar-refractivity contribution in [3.8, 4) is 0 Å². The molecule has 0 N–H and O–H groups in total. The molecule has 0 aliphatic carbocycles. The fourth-order valence-corrected chi connectivity index (χ4v) is 3.36. The van der Waals surface area contributed by atoms with Crippen LogP contribution in [0.2, 0.25) is 0 Å². The normalized spacial score (nSPS) is 12.3. The Morgan fingerprint density at radius 2 is 1.79 bits per heavy atom. The Hall–Kier alpha value is -0.980. The van der Waals surface area contributed by atoms with Gasteiger partial charge in [0.05, 0.1) is 0 Å². The standard InChI is InChI=1S/C13H21FN2O2S/c1-4-16(11-7-10-15(2)3)19(17,18)13-9-6-5-8-12(13)14/h5-6,8-9H,4,7,10-11H2,1-3H3. The van der Waals surface area contributed by atoms with Crippen molar-refractivity contribution < 1.29 is 12.8 Å². The Morgan fingerprint density at radius 1 is 1.16 bits per heavy atom. The van der Waals surface area contributed by atoms with Gasteiger partial charge in [0, 0.05) is 13.1 Å². The highest BCUT2D eigenvalue weighted by atomic mass is 32.2. The van der Waals surface area contributed by atoms with Crippen LogP contribution in [0.15, 0.2) is 29.2 Å². The summed E-state index contributed by atoms with van der Waals surface area (Å²) < 4.78 is 39.6. The van der Waals surface area contributed by atoms with E-state index >= 15 is 0 Å². The van der Waals surface area contributed by atoms with Gasteiger partial charge in [-0.15, -0.1) is 0 Å². The van der Waals surface area contributed by atoms with Crippen molar-refractivity contribution >= 4 is 10.0 Å². The van der Waals surface area contributed by atoms with E-state index in [0.717, 1.165) is 6.54 Å². The number of hydrogen-bond donors (Lipinski definition) is 0. The van der Waals surface area contributed by atoms with Gasteiger partial charge in [0.2, 0.25) is 10.0 Å². The van der Waals surface area contributed by atoms with E-state index in [9.17, 15) is 12.8 Å². The first kappa shape index (κ1) is 16.1. The second kappa shape index (κ2) is 6.98. The first-order valence-corrected chi connectivity index (χ1v) is 7.73. The minimum absolute atomic E-state index is 0.248. The zero-order valence-corrected chi connectivity index (χ0v) is 12.5. The number of rotatable bonds is 7. The Labute approximate surface area is 114 Å². The quantitative estimate of drug-likeness (QED) is 0.768. The number of benzene rings is 1. The van der Waals surface area contributed by atoms with Crippen LogP contribution in [-0.4, -0.2) is 51.4 Å². The molecule has 0 unspecified atom stereocenters. The Bertz CT molecular complexity index is 503. The zero-order valence-electron chi connectivity index (χ0n) is 11.6. The molecule has 0 aliphatic heterocycles. The van der Waals surface area contributed by atoms with Gasteiger partial charge in [-0.05, 0) is 39.2 Å². The maximum absolute atomic E-state index is 13.6. The summed E-state index contributed by atoms with van der Waals surface area (Å²) >= 11 is 0. The lowest BCUT2D eigenvalue weighted by molar-refractivity contribution is 0.355. The van der Waals surface area contributed by atoms with Crippen LogP contribution in [0.5, 0.6) is 0 Å². The van der Waals surface area contributed by atoms with Crippen molar-refractivity contribution in [1.82, 2.24) is 9.21 Å². The first-order valence-electron chi connectivity index (χ1n) is 6.29. The minimum Gasteiger partial charge on any atom is -0.309 e. The lowest BCUT2D eigenvalue weighted by atomic mass is 10.3. The molecule has 0 saturated carbocycles. The third-order valence-electron chi connectivity index (χ3n) is 2.82. The van der Waals surface area contributed by atoms with Gasteiger partial charge in [-0.2, -0.15) is 4.31 Å². The molecule has 0 bridgehead atoms. The fourth-order valence-electron chi connectivity index (χ4n) is 1.80. The molecule has 0 heterocycles. The van der Waals surface area contributed by atoms with E-state index in [-0.39, 0.29) is 4.90 Å². The predicted molar refractivity (Wildman–Crippen MR) is 74.0 cm³/mol. The summed E-state index contributed by atoms with van der Waals surface area (Å²) in [6, 6.07) is 5.49. The van der Waals surface area contributed by atoms with Gasteiger partial charge in [0.25, 0.3) is 0 Å². The molecule has 0 atom stereocenters. The Balaban J connectivity index is 2.87. The monoisotopic (exact) mass is 288 g/mol. The van der Waals surface area contributed by atoms with Crippen LogP contribution in [0.25, 0.3) is 0 Å². The van der Waals surface area contributed by atoms with Crippen LogP contribution >= 0.6 is 0 Å². The van der Waals surface area contributed by atoms with E-state index in [1.807, 2.05) is 19.0 Å². The van der Waals surface area contributed by atoms with Crippen LogP contribution in [0.1, 0.15) is 13.3 Å². The molecular formula is C13H21FN2O2S. The average Bonchev–Trinajstić information content (AvgIpc) is 2.34. The van der Waals surface area contributed by atoms with E-state index in [1.165, 1.54) is 28.6 Å². The molecule has 0 spiro atoms. The highest BCUT2D eigenvalue weighted by Gasteiger charge is 2.25. The summed E-state index contributed by atoms with van der Waals surface area (Å²) in [7, 11) is 0.124. The topological polar surface area (TPSA) is 40.6 Å². The van der Waals surface area contributed by atoms with Gasteiger partial charge >= 0.3 is 0 Å². The lowest BCUT2D eigenvalue weighted by Crippen LogP contribution is -2.33. The van der Waals surface area contributed by atoms with Gasteiger partial charge < -0.3 is 4.90 Å². The second-order valence-electron chi connectivity index (χ2n) is 4.58. The summed E-state index contributed by atoms with van der Waals surface area (Å²) in [5.74, 6) is -0.700. The van der Waals surface area contributed by atoms with Gasteiger partial charge in [-0.25, -0.2) is 12.8 Å². The molecule has 0 aliphatic rings. The molecule has 0 amide bonds. The van der Waals surface area contributed by atoms with Crippen LogP contribution < -0.4 is 0 Å². The number of sulfonamides is 1. The van der Waals surface area contributed by atoms with E-state index in [4.69, 9.17) is 0 Å². The molecule has 1 aromatic carbocycles. The third kappa shape index (κ3) is 4.26. The highest BCUT2D eigenvalue weighted by molar-refractivity contribution is 7.89. The molecule has 0 radical (unpaired) electrons. The zero-order chi connectivity index (χ0) is 14.5. The van der Waals surface area contributed by atoms with Crippen molar-refractivity contribution in [3.63, 3.8) is 0 Å². The molecule has 6 heteroatoms. The molecule has 0 saturated heterocycles. The van der Waals surface area contributed by atoms with Crippen LogP contribution in [0, 0.1) is 5.82 Å². The molecule has 0 fully saturated rings. The van der Waals surface area contributed by atoms with Gasteiger partial charge in [-0.1, -0.05) is 19.1 Å². The molecule has 1 rings (SSSR count). The van der Waals surface area contributed by atoms with Crippen molar-refractivity contribution in [1.29, 1.82) is 0 Å². The largest absolute Gasteiger partial charge is 0.309 e. The molecule has 0 aromatic heterocycles. The first-order chi connectivity index (χ1) is 8.89. The number of halogens is 1. The van der Waals surface area contributed by atoms with Gasteiger partial charge in [0.1, 0.15) is 10.7 Å². The fraction of sp³-hybridized carbons (Fsp3) is 0.538. The van der Waals surface area contributed by atoms with Crippen molar-refractivity contribution in [2.45, 2.75) is 18.2 Å². The Kier molecular flexibility index (Phi) is 5.90. The summed E-state index contributed by atoms with van der Waals surface area (Å²) in [5.41, 5.74) is 0. The van der Waals surface area contributed by atoms with Crippen molar-refractivity contribution in [2.24, 2.45) is 0 Å². The highest BCUT2D eigenvalue weighted by Crippen LogP contribution is 2.18. The Morgan fingerprint density at radius 3 is 2.32 bits per heavy atom. The molecule has 19 heavy (non-hydrogen) atoms. The maximum atomic E-state index is 13.6. The smallest absolute Gasteiger partial charge is 0.245 e. The van der Waals surface area contributed by atoms with Gasteiger partial charge in [-0.3, -0.25) is 0 Å². The predicted octanol–water partition coefficient (Wildman–Crippen LogP) is 1.79. The summed E-state index contributed by atoms with van der Waals surface area (Å²) in [6.07, 6.45) is 0.717. The molecular weight excluding hydrogens is 267 g/mol. The van der Waals surface area contributed by atoms with E-state index in [0.29, 0.717) is 19.5 Å². The minimum atomic E-state index is -3.74. The summed E-state index contributed by atoms with van der Waals surface area (Å²) in [4.78, 5) is 1.74. The summed E-state index contributed by atoms with van der Waals surface area (Å²) in [6.45, 7) is 3.28. The van der Waals surface area contributed by atoms with E-state index in [2.05, 4.69) is 0 Å². The van der Waals surface area contributed by atoms with Crippen LogP contribution in [0.4, 0.5) is 4.39 Å². The van der Waals surface area contributed by atoms with Crippen molar-refractivity contribution in [3.05, 3.63) is 30.1 Å². The summed E-state index contributed by atoms with van der Waals surface area (Å²) in [5, 5.41) is 0. The average molecular weight is 288 g/mol. The van der Waals surface area contributed by atoms with Crippen LogP contribution in [-0.2, 0) is 10.0 Å². The lowest BCUT2D eigenvalue weighted by Gasteiger charge is -2.21. The van der Waals surface area contributed by atoms with Crippen molar-refractivity contribution in [2.75, 3.05) is 33.7 Å². The van der Waals surface area contributed by atoms with Crippen LogP contribution in [0.3, 0.4) is 0 Å². The van der Waals surface area contributed by atoms with E-state index in [1.54, 1.807) is 6.92 Å². The maximum Gasteiger partial charge on any atom is 0.245 e. The third-order valence-corrected chi connectivity index (χ3v) is 4.83.